The molecule has 0 spiro atoms. The molecule has 0 aromatic rings. The summed E-state index contributed by atoms with van der Waals surface area (Å²) in [6.07, 6.45) is 5.24. The highest BCUT2D eigenvalue weighted by Crippen LogP contribution is 2.31. The third-order valence-electron chi connectivity index (χ3n) is 3.96. The van der Waals surface area contributed by atoms with Gasteiger partial charge in [0, 0.05) is 12.6 Å². The second kappa shape index (κ2) is 3.22. The minimum absolute atomic E-state index is 0.119. The Kier molecular flexibility index (Phi) is 1.97. The zero-order chi connectivity index (χ0) is 10.4. The van der Waals surface area contributed by atoms with Crippen LogP contribution in [0.3, 0.4) is 0 Å². The van der Waals surface area contributed by atoms with Gasteiger partial charge in [-0.25, -0.2) is 0 Å². The van der Waals surface area contributed by atoms with Gasteiger partial charge < -0.3 is 9.80 Å². The van der Waals surface area contributed by atoms with E-state index >= 15 is 0 Å². The SMILES string of the molecule is O=C1C2CCCN2C(=O)CN1C1CCC1. The Labute approximate surface area is 89.2 Å². The molecule has 1 aliphatic carbocycles. The number of carbonyl (C=O) groups excluding carboxylic acids is 2. The van der Waals surface area contributed by atoms with Gasteiger partial charge in [-0.2, -0.15) is 0 Å². The monoisotopic (exact) mass is 208 g/mol. The summed E-state index contributed by atoms with van der Waals surface area (Å²) in [7, 11) is 0. The van der Waals surface area contributed by atoms with Crippen LogP contribution < -0.4 is 0 Å². The average Bonchev–Trinajstić information content (AvgIpc) is 2.59. The molecular weight excluding hydrogens is 192 g/mol. The fourth-order valence-electron chi connectivity index (χ4n) is 2.84. The summed E-state index contributed by atoms with van der Waals surface area (Å²) in [5.41, 5.74) is 0. The van der Waals surface area contributed by atoms with Gasteiger partial charge in [0.1, 0.15) is 12.6 Å². The molecule has 1 unspecified atom stereocenters. The summed E-state index contributed by atoms with van der Waals surface area (Å²) in [6.45, 7) is 1.12. The number of hydrogen-bond acceptors (Lipinski definition) is 2. The number of nitrogens with zero attached hydrogens (tertiary/aromatic N) is 2. The van der Waals surface area contributed by atoms with Crippen molar-refractivity contribution in [3.8, 4) is 0 Å². The summed E-state index contributed by atoms with van der Waals surface area (Å²) in [5.74, 6) is 0.362. The lowest BCUT2D eigenvalue weighted by Gasteiger charge is -2.43. The van der Waals surface area contributed by atoms with Crippen LogP contribution in [-0.2, 0) is 9.59 Å². The Hall–Kier alpha value is -1.06. The highest BCUT2D eigenvalue weighted by molar-refractivity contribution is 5.95. The minimum Gasteiger partial charge on any atom is -0.329 e. The van der Waals surface area contributed by atoms with Gasteiger partial charge in [-0.05, 0) is 32.1 Å². The van der Waals surface area contributed by atoms with Gasteiger partial charge in [0.2, 0.25) is 11.8 Å². The molecule has 15 heavy (non-hydrogen) atoms. The van der Waals surface area contributed by atoms with E-state index in [4.69, 9.17) is 0 Å². The number of amides is 2. The van der Waals surface area contributed by atoms with E-state index in [0.717, 1.165) is 32.2 Å². The normalized spacial score (nSPS) is 31.9. The van der Waals surface area contributed by atoms with E-state index in [1.54, 1.807) is 4.90 Å². The lowest BCUT2D eigenvalue weighted by atomic mass is 9.90. The molecule has 4 nitrogen and oxygen atoms in total. The maximum absolute atomic E-state index is 12.1. The Morgan fingerprint density at radius 2 is 1.80 bits per heavy atom. The Morgan fingerprint density at radius 1 is 1.00 bits per heavy atom. The third kappa shape index (κ3) is 1.27. The van der Waals surface area contributed by atoms with E-state index in [1.165, 1.54) is 6.42 Å². The Balaban J connectivity index is 1.81. The molecule has 2 saturated heterocycles. The van der Waals surface area contributed by atoms with Crippen molar-refractivity contribution in [2.45, 2.75) is 44.2 Å². The maximum Gasteiger partial charge on any atom is 0.246 e. The van der Waals surface area contributed by atoms with Crippen molar-refractivity contribution in [2.75, 3.05) is 13.1 Å². The summed E-state index contributed by atoms with van der Waals surface area (Å²) >= 11 is 0. The molecule has 4 heteroatoms. The predicted molar refractivity (Wildman–Crippen MR) is 54.1 cm³/mol. The molecule has 82 valence electrons. The molecule has 0 aromatic carbocycles. The largest absolute Gasteiger partial charge is 0.329 e. The van der Waals surface area contributed by atoms with Crippen LogP contribution in [0.15, 0.2) is 0 Å². The van der Waals surface area contributed by atoms with Crippen molar-refractivity contribution in [1.29, 1.82) is 0 Å². The highest BCUT2D eigenvalue weighted by atomic mass is 16.2. The predicted octanol–water partition coefficient (Wildman–Crippen LogP) is 0.372. The quantitative estimate of drug-likeness (QED) is 0.624. The number of piperazine rings is 1. The molecule has 0 bridgehead atoms. The molecule has 3 rings (SSSR count). The van der Waals surface area contributed by atoms with Crippen molar-refractivity contribution in [3.05, 3.63) is 0 Å². The third-order valence-corrected chi connectivity index (χ3v) is 3.96. The fourth-order valence-corrected chi connectivity index (χ4v) is 2.84. The van der Waals surface area contributed by atoms with Crippen molar-refractivity contribution >= 4 is 11.8 Å². The first-order valence-electron chi connectivity index (χ1n) is 5.87. The molecule has 3 aliphatic rings. The van der Waals surface area contributed by atoms with Gasteiger partial charge in [0.15, 0.2) is 0 Å². The molecular formula is C11H16N2O2. The number of fused-ring (bicyclic) bond motifs is 1. The Bertz CT molecular complexity index is 312. The van der Waals surface area contributed by atoms with Crippen molar-refractivity contribution in [3.63, 3.8) is 0 Å². The van der Waals surface area contributed by atoms with Crippen LogP contribution in [0.4, 0.5) is 0 Å². The summed E-state index contributed by atoms with van der Waals surface area (Å²) in [5, 5.41) is 0. The van der Waals surface area contributed by atoms with E-state index in [1.807, 2.05) is 4.90 Å². The molecule has 1 atom stereocenters. The van der Waals surface area contributed by atoms with E-state index in [9.17, 15) is 9.59 Å². The van der Waals surface area contributed by atoms with Gasteiger partial charge in [0.05, 0.1) is 0 Å². The first kappa shape index (κ1) is 9.19. The van der Waals surface area contributed by atoms with E-state index in [0.29, 0.717) is 12.6 Å². The van der Waals surface area contributed by atoms with E-state index in [-0.39, 0.29) is 17.9 Å². The van der Waals surface area contributed by atoms with Crippen LogP contribution in [0.5, 0.6) is 0 Å². The summed E-state index contributed by atoms with van der Waals surface area (Å²) < 4.78 is 0. The topological polar surface area (TPSA) is 40.6 Å². The first-order chi connectivity index (χ1) is 7.27. The number of carbonyl (C=O) groups is 2. The number of hydrogen-bond donors (Lipinski definition) is 0. The van der Waals surface area contributed by atoms with Crippen LogP contribution >= 0.6 is 0 Å². The van der Waals surface area contributed by atoms with E-state index in [2.05, 4.69) is 0 Å². The molecule has 3 fully saturated rings. The van der Waals surface area contributed by atoms with Crippen LogP contribution in [0.2, 0.25) is 0 Å². The average molecular weight is 208 g/mol. The molecule has 2 heterocycles. The lowest BCUT2D eigenvalue weighted by molar-refractivity contribution is -0.157. The molecule has 2 amide bonds. The highest BCUT2D eigenvalue weighted by Gasteiger charge is 2.44. The van der Waals surface area contributed by atoms with Crippen molar-refractivity contribution in [2.24, 2.45) is 0 Å². The number of rotatable bonds is 1. The standard InChI is InChI=1S/C11H16N2O2/c14-10-7-13(8-3-1-4-8)11(15)9-5-2-6-12(9)10/h8-9H,1-7H2. The van der Waals surface area contributed by atoms with Crippen LogP contribution in [0.1, 0.15) is 32.1 Å². The molecule has 1 saturated carbocycles. The molecule has 2 aliphatic heterocycles. The molecule has 0 N–H and O–H groups in total. The molecule has 0 aromatic heterocycles. The first-order valence-corrected chi connectivity index (χ1v) is 5.87. The lowest BCUT2D eigenvalue weighted by Crippen LogP contribution is -2.61. The van der Waals surface area contributed by atoms with Gasteiger partial charge >= 0.3 is 0 Å². The van der Waals surface area contributed by atoms with Crippen LogP contribution in [-0.4, -0.2) is 46.8 Å². The zero-order valence-electron chi connectivity index (χ0n) is 8.82. The minimum atomic E-state index is -0.119. The van der Waals surface area contributed by atoms with Gasteiger partial charge in [-0.3, -0.25) is 9.59 Å². The Morgan fingerprint density at radius 3 is 2.47 bits per heavy atom. The molecule has 0 radical (unpaired) electrons. The van der Waals surface area contributed by atoms with Crippen molar-refractivity contribution in [1.82, 2.24) is 9.80 Å². The van der Waals surface area contributed by atoms with Crippen molar-refractivity contribution < 1.29 is 9.59 Å². The van der Waals surface area contributed by atoms with Crippen LogP contribution in [0, 0.1) is 0 Å². The summed E-state index contributed by atoms with van der Waals surface area (Å²) in [6, 6.07) is 0.246. The van der Waals surface area contributed by atoms with Gasteiger partial charge in [-0.15, -0.1) is 0 Å². The summed E-state index contributed by atoms with van der Waals surface area (Å²) in [4.78, 5) is 27.5. The van der Waals surface area contributed by atoms with Crippen LogP contribution in [0.25, 0.3) is 0 Å². The fraction of sp³-hybridized carbons (Fsp3) is 0.818. The van der Waals surface area contributed by atoms with Gasteiger partial charge in [-0.1, -0.05) is 0 Å². The second-order valence-electron chi connectivity index (χ2n) is 4.80. The maximum atomic E-state index is 12.1. The van der Waals surface area contributed by atoms with E-state index < -0.39 is 0 Å². The van der Waals surface area contributed by atoms with Gasteiger partial charge in [0.25, 0.3) is 0 Å². The zero-order valence-corrected chi connectivity index (χ0v) is 8.82. The smallest absolute Gasteiger partial charge is 0.246 e. The second-order valence-corrected chi connectivity index (χ2v) is 4.80.